The van der Waals surface area contributed by atoms with Gasteiger partial charge in [-0.15, -0.1) is 5.73 Å². The van der Waals surface area contributed by atoms with Gasteiger partial charge in [-0.25, -0.2) is 0 Å². The molecule has 0 spiro atoms. The van der Waals surface area contributed by atoms with E-state index in [1.54, 1.807) is 0 Å². The molecule has 1 atom stereocenters. The third-order valence-electron chi connectivity index (χ3n) is 1.22. The van der Waals surface area contributed by atoms with Crippen molar-refractivity contribution in [2.45, 2.75) is 6.42 Å². The Balaban J connectivity index is 2.46. The van der Waals surface area contributed by atoms with Crippen molar-refractivity contribution < 1.29 is 5.11 Å². The van der Waals surface area contributed by atoms with Crippen LogP contribution in [-0.2, 0) is 0 Å². The first kappa shape index (κ1) is 5.42. The van der Waals surface area contributed by atoms with Crippen molar-refractivity contribution >= 4 is 0 Å². The molecule has 0 aromatic heterocycles. The molecular weight excluding hydrogens is 102 g/mol. The van der Waals surface area contributed by atoms with Gasteiger partial charge in [0.1, 0.15) is 0 Å². The van der Waals surface area contributed by atoms with Crippen LogP contribution in [0.25, 0.3) is 0 Å². The quantitative estimate of drug-likeness (QED) is 0.468. The van der Waals surface area contributed by atoms with Crippen molar-refractivity contribution in [3.63, 3.8) is 0 Å². The fourth-order valence-electron chi connectivity index (χ4n) is 0.742. The summed E-state index contributed by atoms with van der Waals surface area (Å²) in [6.45, 7) is 0.188. The van der Waals surface area contributed by atoms with Gasteiger partial charge in [0, 0.05) is 12.3 Å². The fourth-order valence-corrected chi connectivity index (χ4v) is 0.742. The predicted molar refractivity (Wildman–Crippen MR) is 31.0 cm³/mol. The lowest BCUT2D eigenvalue weighted by Gasteiger charge is -1.99. The van der Waals surface area contributed by atoms with E-state index in [2.05, 4.69) is 5.73 Å². The van der Waals surface area contributed by atoms with Gasteiger partial charge in [0.25, 0.3) is 0 Å². The van der Waals surface area contributed by atoms with Gasteiger partial charge in [0.05, 0.1) is 12.3 Å². The van der Waals surface area contributed by atoms with Gasteiger partial charge in [-0.05, 0) is 6.08 Å². The summed E-state index contributed by atoms with van der Waals surface area (Å²) in [6, 6.07) is 0. The van der Waals surface area contributed by atoms with E-state index in [0.717, 1.165) is 12.1 Å². The summed E-state index contributed by atoms with van der Waals surface area (Å²) in [5.74, 6) is 0.231. The molecule has 8 heavy (non-hydrogen) atoms. The van der Waals surface area contributed by atoms with Crippen LogP contribution in [0.2, 0.25) is 0 Å². The second-order valence-corrected chi connectivity index (χ2v) is 1.98. The van der Waals surface area contributed by atoms with E-state index < -0.39 is 0 Å². The molecule has 0 unspecified atom stereocenters. The molecule has 0 amide bonds. The summed E-state index contributed by atoms with van der Waals surface area (Å²) in [5, 5.41) is 8.54. The molecule has 0 saturated carbocycles. The van der Waals surface area contributed by atoms with Crippen LogP contribution in [0.1, 0.15) is 6.42 Å². The van der Waals surface area contributed by atoms with E-state index in [0.29, 0.717) is 0 Å². The van der Waals surface area contributed by atoms with Crippen LogP contribution in [0.3, 0.4) is 0 Å². The molecule has 44 valence electrons. The van der Waals surface area contributed by atoms with Crippen molar-refractivity contribution in [3.05, 3.63) is 17.5 Å². The molecule has 2 nitrogen and oxygen atoms in total. The van der Waals surface area contributed by atoms with Crippen LogP contribution in [0.4, 0.5) is 0 Å². The molecule has 3 N–H and O–H groups in total. The second kappa shape index (κ2) is 2.03. The highest BCUT2D eigenvalue weighted by Gasteiger charge is 2.07. The highest BCUT2D eigenvalue weighted by Crippen LogP contribution is 2.12. The molecule has 0 aromatic rings. The highest BCUT2D eigenvalue weighted by atomic mass is 16.3. The van der Waals surface area contributed by atoms with Crippen molar-refractivity contribution in [3.8, 4) is 0 Å². The van der Waals surface area contributed by atoms with E-state index >= 15 is 0 Å². The zero-order chi connectivity index (χ0) is 5.98. The average Bonchev–Trinajstić information content (AvgIpc) is 2.14. The number of aliphatic hydroxyl groups is 1. The molecule has 0 radical (unpaired) electrons. The number of nitrogens with two attached hydrogens (primary N) is 1. The van der Waals surface area contributed by atoms with Gasteiger partial charge in [0.2, 0.25) is 0 Å². The van der Waals surface area contributed by atoms with Gasteiger partial charge < -0.3 is 10.8 Å². The Labute approximate surface area is 48.3 Å². The summed E-state index contributed by atoms with van der Waals surface area (Å²) < 4.78 is 0. The molecule has 0 aliphatic heterocycles. The first-order valence-electron chi connectivity index (χ1n) is 2.65. The topological polar surface area (TPSA) is 46.2 Å². The minimum atomic E-state index is 0.188. The first-order chi connectivity index (χ1) is 3.83. The van der Waals surface area contributed by atoms with E-state index in [4.69, 9.17) is 10.8 Å². The summed E-state index contributed by atoms with van der Waals surface area (Å²) >= 11 is 0. The predicted octanol–water partition coefficient (Wildman–Crippen LogP) is -0.00370. The normalized spacial score (nSPS) is 26.1. The summed E-state index contributed by atoms with van der Waals surface area (Å²) in [7, 11) is 0. The zero-order valence-electron chi connectivity index (χ0n) is 4.59. The molecule has 0 bridgehead atoms. The minimum Gasteiger partial charge on any atom is -0.396 e. The van der Waals surface area contributed by atoms with Gasteiger partial charge in [0.15, 0.2) is 0 Å². The van der Waals surface area contributed by atoms with Crippen molar-refractivity contribution in [1.82, 2.24) is 0 Å². The van der Waals surface area contributed by atoms with Gasteiger partial charge in [-0.2, -0.15) is 0 Å². The maximum atomic E-state index is 8.54. The van der Waals surface area contributed by atoms with Crippen LogP contribution in [0.15, 0.2) is 17.5 Å². The first-order valence-corrected chi connectivity index (χ1v) is 2.65. The molecule has 0 fully saturated rings. The summed E-state index contributed by atoms with van der Waals surface area (Å²) in [6.07, 6.45) is 2.59. The van der Waals surface area contributed by atoms with Gasteiger partial charge >= 0.3 is 0 Å². The monoisotopic (exact) mass is 111 g/mol. The number of hydrogen-bond acceptors (Lipinski definition) is 2. The number of aliphatic hydroxyl groups excluding tert-OH is 1. The highest BCUT2D eigenvalue weighted by molar-refractivity contribution is 5.08. The molecule has 0 saturated heterocycles. The lowest BCUT2D eigenvalue weighted by molar-refractivity contribution is 0.254. The number of rotatable bonds is 1. The third-order valence-corrected chi connectivity index (χ3v) is 1.22. The molecular formula is C6H9NO. The van der Waals surface area contributed by atoms with Gasteiger partial charge in [-0.3, -0.25) is 0 Å². The molecule has 1 rings (SSSR count). The van der Waals surface area contributed by atoms with E-state index in [1.807, 2.05) is 6.08 Å². The maximum Gasteiger partial charge on any atom is 0.0515 e. The van der Waals surface area contributed by atoms with E-state index in [-0.39, 0.29) is 12.5 Å². The van der Waals surface area contributed by atoms with Crippen molar-refractivity contribution in [2.24, 2.45) is 11.7 Å². The van der Waals surface area contributed by atoms with Crippen LogP contribution in [0, 0.1) is 5.92 Å². The van der Waals surface area contributed by atoms with Crippen molar-refractivity contribution in [1.29, 1.82) is 0 Å². The Kier molecular flexibility index (Phi) is 1.38. The largest absolute Gasteiger partial charge is 0.396 e. The maximum absolute atomic E-state index is 8.54. The Morgan fingerprint density at radius 2 is 2.75 bits per heavy atom. The molecule has 2 heteroatoms. The minimum absolute atomic E-state index is 0.188. The Bertz CT molecular complexity index is 145. The van der Waals surface area contributed by atoms with Crippen LogP contribution in [0.5, 0.6) is 0 Å². The van der Waals surface area contributed by atoms with Crippen LogP contribution in [-0.4, -0.2) is 11.7 Å². The third kappa shape index (κ3) is 0.915. The second-order valence-electron chi connectivity index (χ2n) is 1.98. The Morgan fingerprint density at radius 1 is 2.00 bits per heavy atom. The van der Waals surface area contributed by atoms with Crippen LogP contribution < -0.4 is 5.73 Å². The van der Waals surface area contributed by atoms with E-state index in [1.165, 1.54) is 0 Å². The van der Waals surface area contributed by atoms with Crippen LogP contribution >= 0.6 is 0 Å². The summed E-state index contributed by atoms with van der Waals surface area (Å²) in [5.41, 5.74) is 8.95. The standard InChI is InChI=1S/C6H9NO/c7-6-2-1-5(3-6)4-8/h1,5,8H,3-4,7H2/t5-/m0/s1. The summed E-state index contributed by atoms with van der Waals surface area (Å²) in [4.78, 5) is 0. The fraction of sp³-hybridized carbons (Fsp3) is 0.500. The molecule has 1 aliphatic carbocycles. The lowest BCUT2D eigenvalue weighted by Crippen LogP contribution is -2.02. The molecule has 0 aromatic carbocycles. The Morgan fingerprint density at radius 3 is 3.00 bits per heavy atom. The van der Waals surface area contributed by atoms with Crippen molar-refractivity contribution in [2.75, 3.05) is 6.61 Å². The lowest BCUT2D eigenvalue weighted by atomic mass is 10.1. The number of hydrogen-bond donors (Lipinski definition) is 2. The molecule has 1 aliphatic rings. The molecule has 0 heterocycles. The SMILES string of the molecule is NC1=C=C[C@H](CO)C1. The smallest absolute Gasteiger partial charge is 0.0515 e. The zero-order valence-corrected chi connectivity index (χ0v) is 4.59. The average molecular weight is 111 g/mol. The Hall–Kier alpha value is -0.720. The van der Waals surface area contributed by atoms with Gasteiger partial charge in [-0.1, -0.05) is 0 Å². The van der Waals surface area contributed by atoms with E-state index in [9.17, 15) is 0 Å².